The fraction of sp³-hybridized carbons (Fsp3) is 0.368. The van der Waals surface area contributed by atoms with Crippen LogP contribution in [0.2, 0.25) is 0 Å². The Morgan fingerprint density at radius 1 is 1.17 bits per heavy atom. The quantitative estimate of drug-likeness (QED) is 0.906. The number of likely N-dealkylation sites (tertiary alicyclic amines) is 1. The molecule has 126 valence electrons. The second-order valence-electron chi connectivity index (χ2n) is 6.45. The van der Waals surface area contributed by atoms with E-state index in [0.29, 0.717) is 11.5 Å². The number of nitrogens with one attached hydrogen (secondary N) is 1. The van der Waals surface area contributed by atoms with E-state index in [9.17, 15) is 14.7 Å². The average molecular weight is 326 g/mol. The van der Waals surface area contributed by atoms with Crippen molar-refractivity contribution < 1.29 is 14.7 Å². The Morgan fingerprint density at radius 2 is 1.88 bits per heavy atom. The molecule has 1 aliphatic rings. The Morgan fingerprint density at radius 3 is 2.50 bits per heavy atom. The molecule has 1 amide bonds. The molecule has 0 unspecified atom stereocenters. The van der Waals surface area contributed by atoms with Crippen LogP contribution in [-0.4, -0.2) is 40.0 Å². The summed E-state index contributed by atoms with van der Waals surface area (Å²) in [6.45, 7) is 3.38. The van der Waals surface area contributed by atoms with Gasteiger partial charge < -0.3 is 15.0 Å². The molecule has 24 heavy (non-hydrogen) atoms. The van der Waals surface area contributed by atoms with E-state index < -0.39 is 5.97 Å². The van der Waals surface area contributed by atoms with E-state index in [1.165, 1.54) is 0 Å². The fourth-order valence-corrected chi connectivity index (χ4v) is 3.40. The molecular formula is C19H22N2O3. The number of carbonyl (C=O) groups is 2. The minimum atomic E-state index is -0.874. The Hall–Kier alpha value is -2.56. The highest BCUT2D eigenvalue weighted by Crippen LogP contribution is 2.25. The van der Waals surface area contributed by atoms with Crippen molar-refractivity contribution in [3.05, 3.63) is 58.9 Å². The zero-order chi connectivity index (χ0) is 17.1. The van der Waals surface area contributed by atoms with Gasteiger partial charge >= 0.3 is 5.97 Å². The molecule has 0 radical (unpaired) electrons. The first-order valence-corrected chi connectivity index (χ1v) is 8.30. The third-order valence-corrected chi connectivity index (χ3v) is 4.84. The lowest BCUT2D eigenvalue weighted by Crippen LogP contribution is -2.39. The Balaban J connectivity index is 1.61. The fourth-order valence-electron chi connectivity index (χ4n) is 3.40. The zero-order valence-corrected chi connectivity index (χ0v) is 13.8. The number of carbonyl (C=O) groups excluding carboxylic acids is 1. The predicted octanol–water partition coefficient (Wildman–Crippen LogP) is 3.12. The molecule has 2 heterocycles. The van der Waals surface area contributed by atoms with E-state index in [2.05, 4.69) is 4.98 Å². The van der Waals surface area contributed by atoms with E-state index >= 15 is 0 Å². The van der Waals surface area contributed by atoms with E-state index in [1.54, 1.807) is 18.3 Å². The van der Waals surface area contributed by atoms with Crippen LogP contribution in [0.25, 0.3) is 0 Å². The normalized spacial score (nSPS) is 15.5. The molecule has 1 aromatic carbocycles. The van der Waals surface area contributed by atoms with Crippen LogP contribution in [0.5, 0.6) is 0 Å². The van der Waals surface area contributed by atoms with Crippen molar-refractivity contribution in [3.63, 3.8) is 0 Å². The number of aromatic nitrogens is 1. The van der Waals surface area contributed by atoms with Gasteiger partial charge in [0, 0.05) is 25.5 Å². The zero-order valence-electron chi connectivity index (χ0n) is 13.8. The number of piperidine rings is 1. The number of aromatic amines is 1. The van der Waals surface area contributed by atoms with Crippen LogP contribution in [-0.2, 0) is 6.42 Å². The number of amides is 1. The smallest absolute Gasteiger partial charge is 0.335 e. The lowest BCUT2D eigenvalue weighted by molar-refractivity contribution is 0.0690. The van der Waals surface area contributed by atoms with E-state index in [4.69, 9.17) is 0 Å². The van der Waals surface area contributed by atoms with Crippen molar-refractivity contribution in [2.75, 3.05) is 13.1 Å². The maximum Gasteiger partial charge on any atom is 0.335 e. The van der Waals surface area contributed by atoms with Crippen LogP contribution in [0, 0.1) is 12.8 Å². The average Bonchev–Trinajstić information content (AvgIpc) is 3.01. The minimum Gasteiger partial charge on any atom is -0.478 e. The molecule has 2 N–H and O–H groups in total. The van der Waals surface area contributed by atoms with Gasteiger partial charge in [0.05, 0.1) is 11.1 Å². The Kier molecular flexibility index (Phi) is 4.69. The molecule has 0 bridgehead atoms. The largest absolute Gasteiger partial charge is 0.478 e. The highest BCUT2D eigenvalue weighted by molar-refractivity contribution is 5.95. The van der Waals surface area contributed by atoms with Gasteiger partial charge in [0.1, 0.15) is 0 Å². The molecule has 5 nitrogen and oxygen atoms in total. The number of hydrogen-bond acceptors (Lipinski definition) is 2. The van der Waals surface area contributed by atoms with Gasteiger partial charge in [0.25, 0.3) is 5.91 Å². The summed E-state index contributed by atoms with van der Waals surface area (Å²) in [7, 11) is 0. The topological polar surface area (TPSA) is 73.4 Å². The monoisotopic (exact) mass is 326 g/mol. The molecule has 2 aromatic rings. The maximum absolute atomic E-state index is 12.5. The van der Waals surface area contributed by atoms with Crippen LogP contribution in [0.4, 0.5) is 0 Å². The van der Waals surface area contributed by atoms with E-state index in [-0.39, 0.29) is 5.91 Å². The summed E-state index contributed by atoms with van der Waals surface area (Å²) >= 11 is 0. The summed E-state index contributed by atoms with van der Waals surface area (Å²) in [5.74, 6) is -0.374. The summed E-state index contributed by atoms with van der Waals surface area (Å²) in [4.78, 5) is 28.7. The van der Waals surface area contributed by atoms with Gasteiger partial charge in [-0.1, -0.05) is 18.2 Å². The highest BCUT2D eigenvalue weighted by Gasteiger charge is 2.25. The molecule has 3 rings (SSSR count). The number of benzene rings is 1. The number of nitrogens with zero attached hydrogens (tertiary/aromatic N) is 1. The number of rotatable bonds is 4. The standard InChI is InChI=1S/C19H22N2O3/c1-13-11-20-12-17(13)18(22)21-8-6-14(7-9-21)10-15-4-2-3-5-16(15)19(23)24/h2-5,11-12,14,20H,6-10H2,1H3,(H,23,24). The summed E-state index contributed by atoms with van der Waals surface area (Å²) in [6, 6.07) is 7.19. The van der Waals surface area contributed by atoms with Crippen molar-refractivity contribution in [1.82, 2.24) is 9.88 Å². The minimum absolute atomic E-state index is 0.0816. The number of carboxylic acid groups (broad SMARTS) is 1. The van der Waals surface area contributed by atoms with Crippen molar-refractivity contribution in [2.24, 2.45) is 5.92 Å². The third kappa shape index (κ3) is 3.35. The van der Waals surface area contributed by atoms with Gasteiger partial charge in [-0.2, -0.15) is 0 Å². The second-order valence-corrected chi connectivity index (χ2v) is 6.45. The molecule has 0 aliphatic carbocycles. The molecular weight excluding hydrogens is 304 g/mol. The predicted molar refractivity (Wildman–Crippen MR) is 91.3 cm³/mol. The summed E-state index contributed by atoms with van der Waals surface area (Å²) in [5, 5.41) is 9.29. The highest BCUT2D eigenvalue weighted by atomic mass is 16.4. The van der Waals surface area contributed by atoms with Gasteiger partial charge in [-0.25, -0.2) is 4.79 Å². The SMILES string of the molecule is Cc1c[nH]cc1C(=O)N1CCC(Cc2ccccc2C(=O)O)CC1. The Labute approximate surface area is 141 Å². The molecule has 0 spiro atoms. The van der Waals surface area contributed by atoms with Gasteiger partial charge in [0.15, 0.2) is 0 Å². The lowest BCUT2D eigenvalue weighted by Gasteiger charge is -2.32. The van der Waals surface area contributed by atoms with E-state index in [0.717, 1.165) is 49.0 Å². The van der Waals surface area contributed by atoms with Gasteiger partial charge in [-0.15, -0.1) is 0 Å². The first kappa shape index (κ1) is 16.3. The molecule has 1 aliphatic heterocycles. The molecule has 1 aromatic heterocycles. The number of aromatic carboxylic acids is 1. The van der Waals surface area contributed by atoms with Crippen molar-refractivity contribution in [2.45, 2.75) is 26.2 Å². The van der Waals surface area contributed by atoms with Crippen LogP contribution in [0.15, 0.2) is 36.7 Å². The van der Waals surface area contributed by atoms with E-state index in [1.807, 2.05) is 30.2 Å². The summed E-state index contributed by atoms with van der Waals surface area (Å²) < 4.78 is 0. The summed E-state index contributed by atoms with van der Waals surface area (Å²) in [6.07, 6.45) is 6.16. The lowest BCUT2D eigenvalue weighted by atomic mass is 9.88. The van der Waals surface area contributed by atoms with Crippen LogP contribution >= 0.6 is 0 Å². The molecule has 5 heteroatoms. The number of aryl methyl sites for hydroxylation is 1. The first-order valence-electron chi connectivity index (χ1n) is 8.30. The van der Waals surface area contributed by atoms with Gasteiger partial charge in [-0.3, -0.25) is 4.79 Å². The van der Waals surface area contributed by atoms with Crippen LogP contribution < -0.4 is 0 Å². The van der Waals surface area contributed by atoms with Crippen molar-refractivity contribution in [3.8, 4) is 0 Å². The van der Waals surface area contributed by atoms with Crippen LogP contribution in [0.1, 0.15) is 44.7 Å². The summed E-state index contributed by atoms with van der Waals surface area (Å²) in [5.41, 5.74) is 2.98. The molecule has 1 saturated heterocycles. The number of hydrogen-bond donors (Lipinski definition) is 2. The molecule has 1 fully saturated rings. The maximum atomic E-state index is 12.5. The Bertz CT molecular complexity index is 743. The molecule has 0 atom stereocenters. The third-order valence-electron chi connectivity index (χ3n) is 4.84. The van der Waals surface area contributed by atoms with Crippen LogP contribution in [0.3, 0.4) is 0 Å². The van der Waals surface area contributed by atoms with Crippen molar-refractivity contribution >= 4 is 11.9 Å². The number of H-pyrrole nitrogens is 1. The number of carboxylic acids is 1. The first-order chi connectivity index (χ1) is 11.6. The molecule has 0 saturated carbocycles. The van der Waals surface area contributed by atoms with Crippen molar-refractivity contribution in [1.29, 1.82) is 0 Å². The second kappa shape index (κ2) is 6.91. The van der Waals surface area contributed by atoms with Gasteiger partial charge in [-0.05, 0) is 49.3 Å². The van der Waals surface area contributed by atoms with Gasteiger partial charge in [0.2, 0.25) is 0 Å².